The van der Waals surface area contributed by atoms with E-state index in [0.717, 1.165) is 12.2 Å². The molecule has 19 heavy (non-hydrogen) atoms. The Bertz CT molecular complexity index is 510. The number of hydrogen-bond donors (Lipinski definition) is 1. The summed E-state index contributed by atoms with van der Waals surface area (Å²) in [6.07, 6.45) is 4.71. The molecule has 1 aliphatic carbocycles. The van der Waals surface area contributed by atoms with Crippen molar-refractivity contribution >= 4 is 12.2 Å². The van der Waals surface area contributed by atoms with Gasteiger partial charge in [-0.2, -0.15) is 0 Å². The first-order chi connectivity index (χ1) is 9.09. The second kappa shape index (κ2) is 5.34. The summed E-state index contributed by atoms with van der Waals surface area (Å²) in [4.78, 5) is 11.3. The summed E-state index contributed by atoms with van der Waals surface area (Å²) in [6, 6.07) is 6.03. The molecule has 0 spiro atoms. The van der Waals surface area contributed by atoms with Crippen LogP contribution >= 0.6 is 0 Å². The van der Waals surface area contributed by atoms with Crippen molar-refractivity contribution in [3.63, 3.8) is 0 Å². The van der Waals surface area contributed by atoms with Gasteiger partial charge in [0, 0.05) is 12.0 Å². The first-order valence-corrected chi connectivity index (χ1v) is 6.26. The zero-order valence-electron chi connectivity index (χ0n) is 11.5. The molecule has 1 aromatic rings. The van der Waals surface area contributed by atoms with Gasteiger partial charge in [0.25, 0.3) is 0 Å². The lowest BCUT2D eigenvalue weighted by atomic mass is 9.74. The van der Waals surface area contributed by atoms with Crippen molar-refractivity contribution in [1.29, 1.82) is 0 Å². The second-order valence-corrected chi connectivity index (χ2v) is 4.97. The third-order valence-electron chi connectivity index (χ3n) is 3.58. The summed E-state index contributed by atoms with van der Waals surface area (Å²) in [7, 11) is 3.03. The van der Waals surface area contributed by atoms with Crippen LogP contribution in [0.3, 0.4) is 0 Å². The van der Waals surface area contributed by atoms with E-state index in [1.807, 2.05) is 18.2 Å². The Labute approximate surface area is 113 Å². The van der Waals surface area contributed by atoms with E-state index in [1.165, 1.54) is 18.2 Å². The van der Waals surface area contributed by atoms with Gasteiger partial charge in [0.15, 0.2) is 0 Å². The molecule has 0 unspecified atom stereocenters. The van der Waals surface area contributed by atoms with Crippen LogP contribution in [0.1, 0.15) is 24.5 Å². The third-order valence-corrected chi connectivity index (χ3v) is 3.58. The molecule has 1 amide bonds. The lowest BCUT2D eigenvalue weighted by molar-refractivity contribution is 0.168. The minimum absolute atomic E-state index is 0.146. The first kappa shape index (κ1) is 13.5. The van der Waals surface area contributed by atoms with Crippen molar-refractivity contribution in [3.05, 3.63) is 35.4 Å². The molecule has 2 rings (SSSR count). The van der Waals surface area contributed by atoms with Crippen LogP contribution in [-0.2, 0) is 10.2 Å². The van der Waals surface area contributed by atoms with Crippen molar-refractivity contribution in [2.75, 3.05) is 20.8 Å². The molecule has 0 aliphatic heterocycles. The number of hydrogen-bond acceptors (Lipinski definition) is 3. The highest BCUT2D eigenvalue weighted by Crippen LogP contribution is 2.37. The fourth-order valence-corrected chi connectivity index (χ4v) is 2.39. The van der Waals surface area contributed by atoms with E-state index in [0.29, 0.717) is 6.54 Å². The molecule has 102 valence electrons. The van der Waals surface area contributed by atoms with Gasteiger partial charge in [-0.15, -0.1) is 0 Å². The van der Waals surface area contributed by atoms with Crippen molar-refractivity contribution in [3.8, 4) is 5.75 Å². The van der Waals surface area contributed by atoms with E-state index in [9.17, 15) is 4.79 Å². The summed E-state index contributed by atoms with van der Waals surface area (Å²) in [6.45, 7) is 2.66. The smallest absolute Gasteiger partial charge is 0.406 e. The predicted octanol–water partition coefficient (Wildman–Crippen LogP) is 2.73. The number of carbonyl (C=O) groups excluding carboxylic acids is 1. The van der Waals surface area contributed by atoms with E-state index in [1.54, 1.807) is 7.11 Å². The Morgan fingerprint density at radius 1 is 1.42 bits per heavy atom. The fourth-order valence-electron chi connectivity index (χ4n) is 2.39. The van der Waals surface area contributed by atoms with Crippen molar-refractivity contribution in [2.45, 2.75) is 18.8 Å². The Hall–Kier alpha value is -1.97. The van der Waals surface area contributed by atoms with Crippen LogP contribution in [0.5, 0.6) is 5.75 Å². The third kappa shape index (κ3) is 2.72. The Morgan fingerprint density at radius 2 is 2.21 bits per heavy atom. The van der Waals surface area contributed by atoms with E-state index in [4.69, 9.17) is 4.74 Å². The number of ether oxygens (including phenoxy) is 2. The molecule has 0 fully saturated rings. The molecule has 1 N–H and O–H groups in total. The summed E-state index contributed by atoms with van der Waals surface area (Å²) in [5.74, 6) is 0.832. The Morgan fingerprint density at radius 3 is 2.89 bits per heavy atom. The molecule has 0 saturated carbocycles. The van der Waals surface area contributed by atoms with Gasteiger partial charge >= 0.3 is 6.09 Å². The van der Waals surface area contributed by atoms with Gasteiger partial charge in [0.1, 0.15) is 5.75 Å². The van der Waals surface area contributed by atoms with Crippen LogP contribution in [0.4, 0.5) is 4.79 Å². The quantitative estimate of drug-likeness (QED) is 0.910. The largest absolute Gasteiger partial charge is 0.497 e. The molecule has 1 aliphatic rings. The normalized spacial score (nSPS) is 20.6. The monoisotopic (exact) mass is 261 g/mol. The minimum Gasteiger partial charge on any atom is -0.497 e. The van der Waals surface area contributed by atoms with E-state index in [-0.39, 0.29) is 5.41 Å². The van der Waals surface area contributed by atoms with Crippen LogP contribution in [0.25, 0.3) is 6.08 Å². The van der Waals surface area contributed by atoms with Gasteiger partial charge in [-0.1, -0.05) is 25.1 Å². The average Bonchev–Trinajstić information content (AvgIpc) is 2.45. The topological polar surface area (TPSA) is 47.6 Å². The maximum atomic E-state index is 11.3. The highest BCUT2D eigenvalue weighted by Gasteiger charge is 2.30. The van der Waals surface area contributed by atoms with Gasteiger partial charge in [0.2, 0.25) is 0 Å². The zero-order chi connectivity index (χ0) is 13.9. The number of carbonyl (C=O) groups is 1. The fraction of sp³-hybridized carbons (Fsp3) is 0.400. The molecule has 4 nitrogen and oxygen atoms in total. The Balaban J connectivity index is 2.28. The van der Waals surface area contributed by atoms with Crippen molar-refractivity contribution in [1.82, 2.24) is 5.32 Å². The van der Waals surface area contributed by atoms with Crippen LogP contribution in [0.2, 0.25) is 0 Å². The molecule has 0 bridgehead atoms. The molecule has 0 aromatic heterocycles. The maximum absolute atomic E-state index is 11.3. The number of benzene rings is 1. The SMILES string of the molecule is COC(=O)NC[C@]1(C)CC=Cc2ccc(OC)cc21. The number of rotatable bonds is 3. The molecule has 0 radical (unpaired) electrons. The van der Waals surface area contributed by atoms with Crippen LogP contribution in [0, 0.1) is 0 Å². The van der Waals surface area contributed by atoms with Gasteiger partial charge < -0.3 is 14.8 Å². The van der Waals surface area contributed by atoms with E-state index < -0.39 is 6.09 Å². The number of fused-ring (bicyclic) bond motifs is 1. The molecular weight excluding hydrogens is 242 g/mol. The highest BCUT2D eigenvalue weighted by atomic mass is 16.5. The number of allylic oxidation sites excluding steroid dienone is 1. The van der Waals surface area contributed by atoms with Crippen LogP contribution in [-0.4, -0.2) is 26.9 Å². The lowest BCUT2D eigenvalue weighted by Crippen LogP contribution is -2.39. The van der Waals surface area contributed by atoms with E-state index in [2.05, 4.69) is 29.1 Å². The highest BCUT2D eigenvalue weighted by molar-refractivity contribution is 5.67. The summed E-state index contributed by atoms with van der Waals surface area (Å²) < 4.78 is 9.91. The van der Waals surface area contributed by atoms with Gasteiger partial charge in [0.05, 0.1) is 14.2 Å². The Kier molecular flexibility index (Phi) is 3.79. The minimum atomic E-state index is -0.403. The standard InChI is InChI=1S/C15H19NO3/c1-15(10-16-14(17)19-3)8-4-5-11-6-7-12(18-2)9-13(11)15/h4-7,9H,8,10H2,1-3H3,(H,16,17)/t15-/m0/s1. The lowest BCUT2D eigenvalue weighted by Gasteiger charge is -2.33. The second-order valence-electron chi connectivity index (χ2n) is 4.97. The number of nitrogens with one attached hydrogen (secondary N) is 1. The van der Waals surface area contributed by atoms with Crippen LogP contribution < -0.4 is 10.1 Å². The van der Waals surface area contributed by atoms with Crippen molar-refractivity contribution < 1.29 is 14.3 Å². The average molecular weight is 261 g/mol. The maximum Gasteiger partial charge on any atom is 0.406 e. The van der Waals surface area contributed by atoms with Crippen LogP contribution in [0.15, 0.2) is 24.3 Å². The predicted molar refractivity (Wildman–Crippen MR) is 74.4 cm³/mol. The van der Waals surface area contributed by atoms with Gasteiger partial charge in [-0.3, -0.25) is 0 Å². The zero-order valence-corrected chi connectivity index (χ0v) is 11.5. The number of alkyl carbamates (subject to hydrolysis) is 1. The van der Waals surface area contributed by atoms with Gasteiger partial charge in [-0.25, -0.2) is 4.79 Å². The first-order valence-electron chi connectivity index (χ1n) is 6.26. The summed E-state index contributed by atoms with van der Waals surface area (Å²) >= 11 is 0. The molecule has 1 atom stereocenters. The molecular formula is C15H19NO3. The molecule has 0 saturated heterocycles. The van der Waals surface area contributed by atoms with Crippen molar-refractivity contribution in [2.24, 2.45) is 0 Å². The summed E-state index contributed by atoms with van der Waals surface area (Å²) in [5.41, 5.74) is 2.21. The number of methoxy groups -OCH3 is 2. The molecule has 1 aromatic carbocycles. The molecule has 4 heteroatoms. The number of amides is 1. The molecule has 0 heterocycles. The van der Waals surface area contributed by atoms with E-state index >= 15 is 0 Å². The van der Waals surface area contributed by atoms with Gasteiger partial charge in [-0.05, 0) is 29.7 Å². The summed E-state index contributed by atoms with van der Waals surface area (Å²) in [5, 5.41) is 2.79.